The van der Waals surface area contributed by atoms with Gasteiger partial charge < -0.3 is 9.53 Å². The van der Waals surface area contributed by atoms with Gasteiger partial charge in [-0.1, -0.05) is 102 Å². The highest BCUT2D eigenvalue weighted by Gasteiger charge is 2.50. The Morgan fingerprint density at radius 1 is 0.966 bits per heavy atom. The SMILES string of the molecule is CC(C)C(O)/C(F)=C/[C@@H](C)CO[Si](c1ccccc1)(c1ccccc1)C(C)(C)C. The fraction of sp³-hybridized carbons (Fsp3) is 0.440. The summed E-state index contributed by atoms with van der Waals surface area (Å²) in [5.74, 6) is -0.778. The van der Waals surface area contributed by atoms with Gasteiger partial charge in [-0.15, -0.1) is 0 Å². The van der Waals surface area contributed by atoms with Crippen LogP contribution in [0.15, 0.2) is 72.6 Å². The van der Waals surface area contributed by atoms with Crippen LogP contribution in [0.4, 0.5) is 4.39 Å². The molecule has 2 aromatic rings. The van der Waals surface area contributed by atoms with Crippen molar-refractivity contribution in [3.63, 3.8) is 0 Å². The van der Waals surface area contributed by atoms with Crippen molar-refractivity contribution in [1.82, 2.24) is 0 Å². The summed E-state index contributed by atoms with van der Waals surface area (Å²) in [7, 11) is -2.63. The molecule has 1 unspecified atom stereocenters. The van der Waals surface area contributed by atoms with Crippen molar-refractivity contribution in [3.8, 4) is 0 Å². The zero-order valence-electron chi connectivity index (χ0n) is 18.5. The molecule has 2 aromatic carbocycles. The largest absolute Gasteiger partial charge is 0.407 e. The van der Waals surface area contributed by atoms with Crippen molar-refractivity contribution in [2.24, 2.45) is 11.8 Å². The van der Waals surface area contributed by atoms with Crippen LogP contribution in [-0.2, 0) is 4.43 Å². The highest BCUT2D eigenvalue weighted by molar-refractivity contribution is 6.99. The van der Waals surface area contributed by atoms with Gasteiger partial charge in [-0.2, -0.15) is 0 Å². The molecule has 29 heavy (non-hydrogen) atoms. The molecule has 0 bridgehead atoms. The Hall–Kier alpha value is -1.75. The molecule has 0 saturated carbocycles. The summed E-state index contributed by atoms with van der Waals surface area (Å²) >= 11 is 0. The van der Waals surface area contributed by atoms with Crippen LogP contribution in [0.25, 0.3) is 0 Å². The second-order valence-electron chi connectivity index (χ2n) is 9.19. The van der Waals surface area contributed by atoms with Gasteiger partial charge in [-0.05, 0) is 33.3 Å². The molecule has 4 heteroatoms. The third-order valence-electron chi connectivity index (χ3n) is 5.34. The van der Waals surface area contributed by atoms with Gasteiger partial charge in [0.1, 0.15) is 11.9 Å². The van der Waals surface area contributed by atoms with Crippen molar-refractivity contribution >= 4 is 18.7 Å². The lowest BCUT2D eigenvalue weighted by molar-refractivity contribution is 0.133. The molecule has 0 heterocycles. The smallest absolute Gasteiger partial charge is 0.261 e. The van der Waals surface area contributed by atoms with Crippen LogP contribution in [-0.4, -0.2) is 26.1 Å². The Balaban J connectivity index is 2.43. The molecule has 0 aliphatic heterocycles. The van der Waals surface area contributed by atoms with Crippen LogP contribution in [0.3, 0.4) is 0 Å². The molecule has 0 aliphatic carbocycles. The first-order valence-electron chi connectivity index (χ1n) is 10.4. The summed E-state index contributed by atoms with van der Waals surface area (Å²) in [4.78, 5) is 0. The number of aliphatic hydroxyl groups excluding tert-OH is 1. The van der Waals surface area contributed by atoms with Gasteiger partial charge in [0.15, 0.2) is 0 Å². The Bertz CT molecular complexity index is 742. The molecule has 0 aromatic heterocycles. The Kier molecular flexibility index (Phi) is 7.98. The maximum Gasteiger partial charge on any atom is 0.261 e. The number of halogens is 1. The average Bonchev–Trinajstić information content (AvgIpc) is 2.68. The Morgan fingerprint density at radius 2 is 1.41 bits per heavy atom. The van der Waals surface area contributed by atoms with Gasteiger partial charge in [0.05, 0.1) is 0 Å². The van der Waals surface area contributed by atoms with E-state index in [0.29, 0.717) is 6.61 Å². The highest BCUT2D eigenvalue weighted by atomic mass is 28.4. The summed E-state index contributed by atoms with van der Waals surface area (Å²) < 4.78 is 21.2. The standard InChI is InChI=1S/C25H35FO2Si/c1-19(2)24(27)23(26)17-20(3)18-28-29(25(4,5)6,21-13-9-7-10-14-21)22-15-11-8-12-16-22/h7-17,19-20,24,27H,18H2,1-6H3/b23-17-/t20-,24?/m1/s1. The third-order valence-corrected chi connectivity index (χ3v) is 10.3. The normalized spacial score (nSPS) is 15.4. The summed E-state index contributed by atoms with van der Waals surface area (Å²) in [6.45, 7) is 12.6. The van der Waals surface area contributed by atoms with Crippen molar-refractivity contribution < 1.29 is 13.9 Å². The topological polar surface area (TPSA) is 29.5 Å². The number of rotatable bonds is 8. The molecule has 0 aliphatic rings. The first kappa shape index (κ1) is 23.5. The van der Waals surface area contributed by atoms with Crippen molar-refractivity contribution in [2.45, 2.75) is 52.7 Å². The molecule has 2 nitrogen and oxygen atoms in total. The zero-order chi connectivity index (χ0) is 21.7. The van der Waals surface area contributed by atoms with E-state index in [-0.39, 0.29) is 16.9 Å². The first-order chi connectivity index (χ1) is 13.6. The van der Waals surface area contributed by atoms with Gasteiger partial charge in [-0.25, -0.2) is 4.39 Å². The minimum absolute atomic E-state index is 0.116. The molecule has 0 amide bonds. The zero-order valence-corrected chi connectivity index (χ0v) is 19.5. The van der Waals surface area contributed by atoms with Crippen molar-refractivity contribution in [1.29, 1.82) is 0 Å². The van der Waals surface area contributed by atoms with E-state index in [1.54, 1.807) is 0 Å². The molecular weight excluding hydrogens is 379 g/mol. The summed E-state index contributed by atoms with van der Waals surface area (Å²) in [5, 5.41) is 12.3. The van der Waals surface area contributed by atoms with Crippen molar-refractivity contribution in [2.75, 3.05) is 6.61 Å². The van der Waals surface area contributed by atoms with E-state index in [0.717, 1.165) is 0 Å². The number of aliphatic hydroxyl groups is 1. The van der Waals surface area contributed by atoms with Gasteiger partial charge in [0.25, 0.3) is 8.32 Å². The van der Waals surface area contributed by atoms with E-state index >= 15 is 0 Å². The molecule has 0 fully saturated rings. The predicted octanol–water partition coefficient (Wildman–Crippen LogP) is 5.07. The minimum atomic E-state index is -2.63. The van der Waals surface area contributed by atoms with Crippen LogP contribution in [0.2, 0.25) is 5.04 Å². The number of hydrogen-bond donors (Lipinski definition) is 1. The summed E-state index contributed by atoms with van der Waals surface area (Å²) in [5.41, 5.74) is 0. The molecular formula is C25H35FO2Si. The maximum atomic E-state index is 14.4. The Labute approximate surface area is 176 Å². The predicted molar refractivity (Wildman–Crippen MR) is 123 cm³/mol. The monoisotopic (exact) mass is 414 g/mol. The molecule has 0 radical (unpaired) electrons. The molecule has 0 spiro atoms. The fourth-order valence-corrected chi connectivity index (χ4v) is 8.42. The van der Waals surface area contributed by atoms with Gasteiger partial charge >= 0.3 is 0 Å². The fourth-order valence-electron chi connectivity index (χ4n) is 3.75. The second kappa shape index (κ2) is 9.83. The van der Waals surface area contributed by atoms with Crippen LogP contribution in [0.1, 0.15) is 41.5 Å². The highest BCUT2D eigenvalue weighted by Crippen LogP contribution is 2.37. The van der Waals surface area contributed by atoms with Gasteiger partial charge in [0, 0.05) is 6.61 Å². The minimum Gasteiger partial charge on any atom is -0.407 e. The lowest BCUT2D eigenvalue weighted by Crippen LogP contribution is -2.66. The van der Waals surface area contributed by atoms with Crippen LogP contribution in [0.5, 0.6) is 0 Å². The maximum absolute atomic E-state index is 14.4. The van der Waals surface area contributed by atoms with Gasteiger partial charge in [-0.3, -0.25) is 0 Å². The van der Waals surface area contributed by atoms with Crippen LogP contribution < -0.4 is 10.4 Å². The quantitative estimate of drug-likeness (QED) is 0.611. The van der Waals surface area contributed by atoms with E-state index in [1.165, 1.54) is 16.4 Å². The molecule has 1 N–H and O–H groups in total. The lowest BCUT2D eigenvalue weighted by Gasteiger charge is -2.43. The molecule has 0 saturated heterocycles. The third kappa shape index (κ3) is 5.44. The molecule has 2 atom stereocenters. The van der Waals surface area contributed by atoms with E-state index in [4.69, 9.17) is 4.43 Å². The number of benzene rings is 2. The van der Waals surface area contributed by atoms with E-state index in [9.17, 15) is 9.50 Å². The van der Waals surface area contributed by atoms with Crippen LogP contribution in [0, 0.1) is 11.8 Å². The Morgan fingerprint density at radius 3 is 1.79 bits per heavy atom. The van der Waals surface area contributed by atoms with Gasteiger partial charge in [0.2, 0.25) is 0 Å². The van der Waals surface area contributed by atoms with Crippen LogP contribution >= 0.6 is 0 Å². The molecule has 158 valence electrons. The lowest BCUT2D eigenvalue weighted by atomic mass is 10.0. The summed E-state index contributed by atoms with van der Waals surface area (Å²) in [6, 6.07) is 20.8. The summed E-state index contributed by atoms with van der Waals surface area (Å²) in [6.07, 6.45) is 0.438. The van der Waals surface area contributed by atoms with Crippen molar-refractivity contribution in [3.05, 3.63) is 72.6 Å². The second-order valence-corrected chi connectivity index (χ2v) is 13.5. The van der Waals surface area contributed by atoms with E-state index < -0.39 is 20.2 Å². The first-order valence-corrected chi connectivity index (χ1v) is 12.3. The van der Waals surface area contributed by atoms with E-state index in [2.05, 4.69) is 69.3 Å². The average molecular weight is 415 g/mol. The number of hydrogen-bond acceptors (Lipinski definition) is 2. The molecule has 2 rings (SSSR count). The van der Waals surface area contributed by atoms with E-state index in [1.807, 2.05) is 32.9 Å².